The molecule has 5 atom stereocenters. The Bertz CT molecular complexity index is 840. The number of thioether (sulfide) groups is 1. The molecule has 7 nitrogen and oxygen atoms in total. The number of nitrogens with zero attached hydrogens (tertiary/aromatic N) is 1. The van der Waals surface area contributed by atoms with E-state index in [0.29, 0.717) is 6.42 Å². The van der Waals surface area contributed by atoms with Crippen molar-refractivity contribution >= 4 is 29.5 Å². The first-order valence-corrected chi connectivity index (χ1v) is 10.8. The average molecular weight is 419 g/mol. The van der Waals surface area contributed by atoms with Crippen LogP contribution in [0.1, 0.15) is 37.8 Å². The molecular formula is C21H26N2O5S. The van der Waals surface area contributed by atoms with E-state index in [1.54, 1.807) is 0 Å². The van der Waals surface area contributed by atoms with E-state index in [9.17, 15) is 19.5 Å². The summed E-state index contributed by atoms with van der Waals surface area (Å²) in [5.41, 5.74) is 2.38. The molecule has 8 heteroatoms. The first-order chi connectivity index (χ1) is 13.7. The molecule has 2 N–H and O–H groups in total. The highest BCUT2D eigenvalue weighted by Crippen LogP contribution is 2.50. The number of aliphatic carboxylic acids is 1. The minimum absolute atomic E-state index is 0.0155. The smallest absolute Gasteiger partial charge is 0.327 e. The molecule has 3 fully saturated rings. The lowest BCUT2D eigenvalue weighted by Gasteiger charge is -2.43. The van der Waals surface area contributed by atoms with E-state index in [0.717, 1.165) is 12.8 Å². The minimum Gasteiger partial charge on any atom is -0.480 e. The Morgan fingerprint density at radius 3 is 2.62 bits per heavy atom. The molecule has 0 bridgehead atoms. The van der Waals surface area contributed by atoms with Gasteiger partial charge in [-0.1, -0.05) is 29.8 Å². The molecule has 0 aromatic heterocycles. The number of hydrogen-bond acceptors (Lipinski definition) is 5. The van der Waals surface area contributed by atoms with Crippen molar-refractivity contribution in [3.05, 3.63) is 35.4 Å². The van der Waals surface area contributed by atoms with E-state index in [1.807, 2.05) is 20.8 Å². The third kappa shape index (κ3) is 3.64. The van der Waals surface area contributed by atoms with Crippen LogP contribution in [0.2, 0.25) is 0 Å². The maximum absolute atomic E-state index is 12.7. The number of amides is 2. The second-order valence-electron chi connectivity index (χ2n) is 8.60. The summed E-state index contributed by atoms with van der Waals surface area (Å²) >= 11 is 1.42. The number of fused-ring (bicyclic) bond motifs is 1. The minimum atomic E-state index is -1.01. The number of rotatable bonds is 5. The van der Waals surface area contributed by atoms with E-state index in [-0.39, 0.29) is 23.3 Å². The molecule has 0 aliphatic carbocycles. The van der Waals surface area contributed by atoms with Gasteiger partial charge in [0.1, 0.15) is 23.6 Å². The zero-order chi connectivity index (χ0) is 20.9. The summed E-state index contributed by atoms with van der Waals surface area (Å²) in [4.78, 5) is 38.2. The van der Waals surface area contributed by atoms with Crippen molar-refractivity contribution in [2.24, 2.45) is 0 Å². The van der Waals surface area contributed by atoms with Crippen molar-refractivity contribution in [2.75, 3.05) is 0 Å². The van der Waals surface area contributed by atoms with Crippen LogP contribution in [0.15, 0.2) is 24.3 Å². The number of benzene rings is 1. The largest absolute Gasteiger partial charge is 0.480 e. The zero-order valence-corrected chi connectivity index (χ0v) is 17.6. The summed E-state index contributed by atoms with van der Waals surface area (Å²) < 4.78 is 5.33. The number of hydrogen-bond donors (Lipinski definition) is 2. The number of carbonyl (C=O) groups excluding carboxylic acids is 2. The van der Waals surface area contributed by atoms with Crippen molar-refractivity contribution in [3.8, 4) is 0 Å². The maximum atomic E-state index is 12.7. The Hall–Kier alpha value is -2.06. The predicted octanol–water partition coefficient (Wildman–Crippen LogP) is 1.72. The molecule has 0 saturated carbocycles. The molecular weight excluding hydrogens is 392 g/mol. The molecule has 156 valence electrons. The van der Waals surface area contributed by atoms with Crippen LogP contribution in [0.25, 0.3) is 0 Å². The Balaban J connectivity index is 1.33. The van der Waals surface area contributed by atoms with Crippen LogP contribution < -0.4 is 5.32 Å². The Morgan fingerprint density at radius 2 is 1.97 bits per heavy atom. The maximum Gasteiger partial charge on any atom is 0.327 e. The van der Waals surface area contributed by atoms with Gasteiger partial charge in [-0.3, -0.25) is 9.59 Å². The van der Waals surface area contributed by atoms with Crippen molar-refractivity contribution in [2.45, 2.75) is 74.4 Å². The van der Waals surface area contributed by atoms with Crippen LogP contribution in [0.3, 0.4) is 0 Å². The molecule has 3 aliphatic heterocycles. The third-order valence-electron chi connectivity index (χ3n) is 5.96. The van der Waals surface area contributed by atoms with Gasteiger partial charge in [0.2, 0.25) is 11.8 Å². The molecule has 3 aliphatic rings. The highest BCUT2D eigenvalue weighted by Gasteiger charge is 2.64. The van der Waals surface area contributed by atoms with Gasteiger partial charge in [-0.15, -0.1) is 11.8 Å². The van der Waals surface area contributed by atoms with E-state index >= 15 is 0 Å². The fraction of sp³-hybridized carbons (Fsp3) is 0.571. The normalized spacial score (nSPS) is 32.6. The molecule has 5 unspecified atom stereocenters. The molecule has 3 saturated heterocycles. The van der Waals surface area contributed by atoms with Crippen molar-refractivity contribution in [1.29, 1.82) is 0 Å². The lowest BCUT2D eigenvalue weighted by molar-refractivity contribution is -0.161. The van der Waals surface area contributed by atoms with E-state index in [4.69, 9.17) is 4.74 Å². The van der Waals surface area contributed by atoms with Crippen LogP contribution in [0, 0.1) is 6.92 Å². The lowest BCUT2D eigenvalue weighted by atomic mass is 9.96. The molecule has 3 heterocycles. The van der Waals surface area contributed by atoms with Crippen LogP contribution in [0.5, 0.6) is 0 Å². The molecule has 29 heavy (non-hydrogen) atoms. The highest BCUT2D eigenvalue weighted by atomic mass is 32.2. The molecule has 2 amide bonds. The van der Waals surface area contributed by atoms with Crippen molar-refractivity contribution in [1.82, 2.24) is 10.2 Å². The van der Waals surface area contributed by atoms with Crippen molar-refractivity contribution < 1.29 is 24.2 Å². The summed E-state index contributed by atoms with van der Waals surface area (Å²) in [5.74, 6) is -1.63. The average Bonchev–Trinajstić information content (AvgIpc) is 3.22. The van der Waals surface area contributed by atoms with Gasteiger partial charge in [0.05, 0.1) is 6.10 Å². The number of carboxylic acid groups (broad SMARTS) is 1. The summed E-state index contributed by atoms with van der Waals surface area (Å²) in [6.45, 7) is 5.68. The predicted molar refractivity (Wildman–Crippen MR) is 108 cm³/mol. The van der Waals surface area contributed by atoms with Gasteiger partial charge < -0.3 is 20.1 Å². The molecule has 0 radical (unpaired) electrons. The Labute approximate surface area is 174 Å². The topological polar surface area (TPSA) is 95.9 Å². The van der Waals surface area contributed by atoms with Crippen molar-refractivity contribution in [3.63, 3.8) is 0 Å². The summed E-state index contributed by atoms with van der Waals surface area (Å²) in [5, 5.41) is 11.9. The van der Waals surface area contributed by atoms with E-state index < -0.39 is 28.9 Å². The summed E-state index contributed by atoms with van der Waals surface area (Å²) in [6, 6.07) is 6.72. The molecule has 1 aromatic carbocycles. The number of carboxylic acids is 1. The highest BCUT2D eigenvalue weighted by molar-refractivity contribution is 8.01. The van der Waals surface area contributed by atoms with Gasteiger partial charge in [0, 0.05) is 4.75 Å². The number of carbonyl (C=O) groups is 3. The van der Waals surface area contributed by atoms with E-state index in [1.165, 1.54) is 27.8 Å². The fourth-order valence-corrected chi connectivity index (χ4v) is 6.05. The zero-order valence-electron chi connectivity index (χ0n) is 16.8. The van der Waals surface area contributed by atoms with Gasteiger partial charge in [-0.25, -0.2) is 4.79 Å². The van der Waals surface area contributed by atoms with Crippen LogP contribution in [-0.2, 0) is 25.5 Å². The number of ether oxygens (including phenoxy) is 1. The standard InChI is InChI=1S/C21H26N2O5S/c1-11-4-6-12(7-5-11)10-13-8-9-14(28-13)17(24)22-15-18(25)23-16(20(26)27)21(2,3)29-19(15)23/h4-7,13-16,19H,8-10H2,1-3H3,(H,22,24)(H,26,27). The second-order valence-corrected chi connectivity index (χ2v) is 10.4. The van der Waals surface area contributed by atoms with Gasteiger partial charge in [0.15, 0.2) is 0 Å². The molecule has 1 aromatic rings. The lowest BCUT2D eigenvalue weighted by Crippen LogP contribution is -2.71. The fourth-order valence-electron chi connectivity index (χ4n) is 4.43. The number of nitrogens with one attached hydrogen (secondary N) is 1. The van der Waals surface area contributed by atoms with Gasteiger partial charge in [0.25, 0.3) is 0 Å². The van der Waals surface area contributed by atoms with Crippen LogP contribution in [-0.4, -0.2) is 62.2 Å². The summed E-state index contributed by atoms with van der Waals surface area (Å²) in [6.07, 6.45) is 1.59. The quantitative estimate of drug-likeness (QED) is 0.707. The van der Waals surface area contributed by atoms with Gasteiger partial charge in [-0.2, -0.15) is 0 Å². The van der Waals surface area contributed by atoms with Gasteiger partial charge in [-0.05, 0) is 45.6 Å². The Kier molecular flexibility index (Phi) is 5.11. The molecule has 4 rings (SSSR count). The SMILES string of the molecule is Cc1ccc(CC2CCC(C(=O)NC3C(=O)N4C3SC(C)(C)C4C(=O)O)O2)cc1. The number of aryl methyl sites for hydroxylation is 1. The third-order valence-corrected chi connectivity index (χ3v) is 7.53. The first kappa shape index (κ1) is 20.2. The van der Waals surface area contributed by atoms with Crippen LogP contribution in [0.4, 0.5) is 0 Å². The molecule has 0 spiro atoms. The summed E-state index contributed by atoms with van der Waals surface area (Å²) in [7, 11) is 0. The van der Waals surface area contributed by atoms with Crippen LogP contribution >= 0.6 is 11.8 Å². The van der Waals surface area contributed by atoms with E-state index in [2.05, 4.69) is 29.6 Å². The van der Waals surface area contributed by atoms with Gasteiger partial charge >= 0.3 is 5.97 Å². The number of β-lactam (4-membered cyclic amide) rings is 1. The second kappa shape index (κ2) is 7.32. The first-order valence-electron chi connectivity index (χ1n) is 9.91. The monoisotopic (exact) mass is 418 g/mol. The Morgan fingerprint density at radius 1 is 1.28 bits per heavy atom.